The van der Waals surface area contributed by atoms with Crippen molar-refractivity contribution in [1.82, 2.24) is 19.7 Å². The van der Waals surface area contributed by atoms with E-state index >= 15 is 0 Å². The number of hydrogen-bond donors (Lipinski definition) is 1. The van der Waals surface area contributed by atoms with Crippen molar-refractivity contribution in [1.29, 1.82) is 0 Å². The summed E-state index contributed by atoms with van der Waals surface area (Å²) in [7, 11) is 1.88. The van der Waals surface area contributed by atoms with Crippen molar-refractivity contribution in [3.63, 3.8) is 0 Å². The van der Waals surface area contributed by atoms with Gasteiger partial charge in [0.2, 0.25) is 0 Å². The summed E-state index contributed by atoms with van der Waals surface area (Å²) in [4.78, 5) is 8.07. The topological polar surface area (TPSA) is 55.6 Å². The van der Waals surface area contributed by atoms with Crippen molar-refractivity contribution in [2.24, 2.45) is 7.05 Å². The Hall–Kier alpha value is -1.62. The van der Waals surface area contributed by atoms with Gasteiger partial charge in [-0.2, -0.15) is 5.10 Å². The maximum absolute atomic E-state index is 5.76. The Morgan fingerprint density at radius 3 is 2.94 bits per heavy atom. The van der Waals surface area contributed by atoms with Crippen LogP contribution >= 0.6 is 11.6 Å². The molecule has 0 fully saturated rings. The largest absolute Gasteiger partial charge is 0.336 e. The van der Waals surface area contributed by atoms with E-state index in [9.17, 15) is 0 Å². The average molecular weight is 238 g/mol. The van der Waals surface area contributed by atoms with Crippen LogP contribution in [0.1, 0.15) is 12.6 Å². The minimum atomic E-state index is 0.368. The fraction of sp³-hybridized carbons (Fsp3) is 0.300. The summed E-state index contributed by atoms with van der Waals surface area (Å²) < 4.78 is 1.76. The van der Waals surface area contributed by atoms with Gasteiger partial charge in [-0.15, -0.1) is 0 Å². The second-order valence-electron chi connectivity index (χ2n) is 3.37. The van der Waals surface area contributed by atoms with Crippen LogP contribution in [-0.2, 0) is 13.5 Å². The highest BCUT2D eigenvalue weighted by molar-refractivity contribution is 6.29. The molecule has 0 radical (unpaired) electrons. The SMILES string of the molecule is CCc1nn(C)cc1Nc1cncc(Cl)n1. The molecule has 2 aromatic rings. The maximum Gasteiger partial charge on any atom is 0.150 e. The van der Waals surface area contributed by atoms with Crippen LogP contribution in [0.4, 0.5) is 11.5 Å². The standard InChI is InChI=1S/C10H12ClN5/c1-3-7-8(6-16(2)15-7)13-10-5-12-4-9(11)14-10/h4-6H,3H2,1-2H3,(H,13,14). The van der Waals surface area contributed by atoms with Crippen LogP contribution in [0.5, 0.6) is 0 Å². The first-order chi connectivity index (χ1) is 7.69. The second-order valence-corrected chi connectivity index (χ2v) is 3.76. The molecule has 0 atom stereocenters. The minimum absolute atomic E-state index is 0.368. The van der Waals surface area contributed by atoms with Crippen LogP contribution in [0.3, 0.4) is 0 Å². The van der Waals surface area contributed by atoms with E-state index in [1.807, 2.05) is 13.2 Å². The lowest BCUT2D eigenvalue weighted by atomic mass is 10.3. The average Bonchev–Trinajstić information content (AvgIpc) is 2.59. The van der Waals surface area contributed by atoms with Gasteiger partial charge in [-0.1, -0.05) is 18.5 Å². The normalized spacial score (nSPS) is 10.4. The quantitative estimate of drug-likeness (QED) is 0.889. The third kappa shape index (κ3) is 2.30. The molecular weight excluding hydrogens is 226 g/mol. The molecule has 2 heterocycles. The fourth-order valence-electron chi connectivity index (χ4n) is 1.44. The number of aromatic nitrogens is 4. The van der Waals surface area contributed by atoms with Crippen LogP contribution < -0.4 is 5.32 Å². The molecule has 0 aliphatic rings. The second kappa shape index (κ2) is 4.49. The summed E-state index contributed by atoms with van der Waals surface area (Å²) in [5, 5.41) is 7.83. The lowest BCUT2D eigenvalue weighted by molar-refractivity contribution is 0.746. The number of hydrogen-bond acceptors (Lipinski definition) is 4. The van der Waals surface area contributed by atoms with Gasteiger partial charge in [-0.3, -0.25) is 9.67 Å². The molecule has 16 heavy (non-hydrogen) atoms. The summed E-state index contributed by atoms with van der Waals surface area (Å²) in [6, 6.07) is 0. The van der Waals surface area contributed by atoms with Gasteiger partial charge >= 0.3 is 0 Å². The monoisotopic (exact) mass is 237 g/mol. The van der Waals surface area contributed by atoms with E-state index < -0.39 is 0 Å². The van der Waals surface area contributed by atoms with E-state index in [0.717, 1.165) is 17.8 Å². The molecule has 0 unspecified atom stereocenters. The van der Waals surface area contributed by atoms with Gasteiger partial charge in [0.05, 0.1) is 23.8 Å². The van der Waals surface area contributed by atoms with E-state index in [4.69, 9.17) is 11.6 Å². The molecule has 6 heteroatoms. The van der Waals surface area contributed by atoms with Crippen molar-refractivity contribution in [2.45, 2.75) is 13.3 Å². The molecular formula is C10H12ClN5. The molecule has 0 aliphatic heterocycles. The van der Waals surface area contributed by atoms with E-state index in [2.05, 4.69) is 27.3 Å². The zero-order chi connectivity index (χ0) is 11.5. The molecule has 0 spiro atoms. The van der Waals surface area contributed by atoms with Crippen LogP contribution in [0, 0.1) is 0 Å². The van der Waals surface area contributed by atoms with Crippen LogP contribution in [0.2, 0.25) is 5.15 Å². The molecule has 2 aromatic heterocycles. The van der Waals surface area contributed by atoms with E-state index in [1.54, 1.807) is 10.9 Å². The smallest absolute Gasteiger partial charge is 0.150 e. The highest BCUT2D eigenvalue weighted by atomic mass is 35.5. The van der Waals surface area contributed by atoms with E-state index in [0.29, 0.717) is 11.0 Å². The molecule has 0 saturated heterocycles. The lowest BCUT2D eigenvalue weighted by Crippen LogP contribution is -1.96. The molecule has 0 aliphatic carbocycles. The number of rotatable bonds is 3. The summed E-state index contributed by atoms with van der Waals surface area (Å²) >= 11 is 5.76. The molecule has 0 aromatic carbocycles. The number of aryl methyl sites for hydroxylation is 2. The number of anilines is 2. The van der Waals surface area contributed by atoms with Crippen molar-refractivity contribution in [3.8, 4) is 0 Å². The minimum Gasteiger partial charge on any atom is -0.336 e. The highest BCUT2D eigenvalue weighted by Crippen LogP contribution is 2.19. The highest BCUT2D eigenvalue weighted by Gasteiger charge is 2.06. The predicted octanol–water partition coefficient (Wildman–Crippen LogP) is 2.17. The Labute approximate surface area is 98.5 Å². The van der Waals surface area contributed by atoms with Gasteiger partial charge in [0.1, 0.15) is 5.15 Å². The predicted molar refractivity (Wildman–Crippen MR) is 62.9 cm³/mol. The first-order valence-corrected chi connectivity index (χ1v) is 5.34. The summed E-state index contributed by atoms with van der Waals surface area (Å²) in [5.74, 6) is 0.621. The van der Waals surface area contributed by atoms with Gasteiger partial charge in [0, 0.05) is 13.2 Å². The third-order valence-corrected chi connectivity index (χ3v) is 2.29. The molecule has 5 nitrogen and oxygen atoms in total. The summed E-state index contributed by atoms with van der Waals surface area (Å²) in [6.07, 6.45) is 5.88. The van der Waals surface area contributed by atoms with Crippen molar-refractivity contribution >= 4 is 23.1 Å². The van der Waals surface area contributed by atoms with Crippen LogP contribution in [-0.4, -0.2) is 19.7 Å². The molecule has 0 amide bonds. The Morgan fingerprint density at radius 1 is 1.44 bits per heavy atom. The summed E-state index contributed by atoms with van der Waals surface area (Å²) in [6.45, 7) is 2.05. The molecule has 2 rings (SSSR count). The maximum atomic E-state index is 5.76. The Morgan fingerprint density at radius 2 is 2.25 bits per heavy atom. The van der Waals surface area contributed by atoms with Crippen LogP contribution in [0.25, 0.3) is 0 Å². The number of nitrogens with zero attached hydrogens (tertiary/aromatic N) is 4. The van der Waals surface area contributed by atoms with Crippen molar-refractivity contribution in [2.75, 3.05) is 5.32 Å². The van der Waals surface area contributed by atoms with Crippen molar-refractivity contribution < 1.29 is 0 Å². The van der Waals surface area contributed by atoms with Gasteiger partial charge < -0.3 is 5.32 Å². The fourth-order valence-corrected chi connectivity index (χ4v) is 1.59. The molecule has 0 saturated carbocycles. The summed E-state index contributed by atoms with van der Waals surface area (Å²) in [5.41, 5.74) is 1.92. The Kier molecular flexibility index (Phi) is 3.05. The zero-order valence-corrected chi connectivity index (χ0v) is 9.86. The van der Waals surface area contributed by atoms with Gasteiger partial charge in [-0.25, -0.2) is 4.98 Å². The van der Waals surface area contributed by atoms with Gasteiger partial charge in [-0.05, 0) is 6.42 Å². The van der Waals surface area contributed by atoms with Gasteiger partial charge in [0.25, 0.3) is 0 Å². The number of nitrogens with one attached hydrogen (secondary N) is 1. The Balaban J connectivity index is 2.26. The number of halogens is 1. The zero-order valence-electron chi connectivity index (χ0n) is 9.11. The molecule has 0 bridgehead atoms. The van der Waals surface area contributed by atoms with Crippen LogP contribution in [0.15, 0.2) is 18.6 Å². The van der Waals surface area contributed by atoms with E-state index in [-0.39, 0.29) is 0 Å². The first kappa shape index (κ1) is 10.9. The Bertz CT molecular complexity index is 494. The molecule has 1 N–H and O–H groups in total. The molecule has 84 valence electrons. The first-order valence-electron chi connectivity index (χ1n) is 4.96. The van der Waals surface area contributed by atoms with E-state index in [1.165, 1.54) is 6.20 Å². The lowest BCUT2D eigenvalue weighted by Gasteiger charge is -2.03. The van der Waals surface area contributed by atoms with Crippen molar-refractivity contribution in [3.05, 3.63) is 29.4 Å². The van der Waals surface area contributed by atoms with Gasteiger partial charge in [0.15, 0.2) is 5.82 Å². The third-order valence-electron chi connectivity index (χ3n) is 2.11.